The highest BCUT2D eigenvalue weighted by atomic mass is 32.1. The number of carbonyl (C=O) groups excluding carboxylic acids is 1. The molecule has 0 radical (unpaired) electrons. The van der Waals surface area contributed by atoms with Crippen molar-refractivity contribution in [2.75, 3.05) is 12.4 Å². The van der Waals surface area contributed by atoms with E-state index in [9.17, 15) is 4.79 Å². The van der Waals surface area contributed by atoms with Gasteiger partial charge in [0, 0.05) is 6.20 Å². The predicted molar refractivity (Wildman–Crippen MR) is 113 cm³/mol. The molecule has 0 bridgehead atoms. The quantitative estimate of drug-likeness (QED) is 0.512. The molecule has 4 aromatic rings. The van der Waals surface area contributed by atoms with E-state index in [4.69, 9.17) is 4.74 Å². The molecule has 2 heterocycles. The van der Waals surface area contributed by atoms with Crippen molar-refractivity contribution < 1.29 is 9.53 Å². The molecule has 0 aliphatic heterocycles. The first-order valence-corrected chi connectivity index (χ1v) is 9.68. The van der Waals surface area contributed by atoms with Crippen molar-refractivity contribution in [3.63, 3.8) is 0 Å². The first kappa shape index (κ1) is 18.0. The van der Waals surface area contributed by atoms with Crippen molar-refractivity contribution in [1.29, 1.82) is 0 Å². The van der Waals surface area contributed by atoms with Gasteiger partial charge >= 0.3 is 0 Å². The lowest BCUT2D eigenvalue weighted by atomic mass is 10.1. The van der Waals surface area contributed by atoms with E-state index in [-0.39, 0.29) is 5.91 Å². The summed E-state index contributed by atoms with van der Waals surface area (Å²) in [5, 5.41) is 9.63. The molecule has 2 aromatic heterocycles. The molecule has 0 atom stereocenters. The van der Waals surface area contributed by atoms with Crippen LogP contribution in [0.4, 0.5) is 5.69 Å². The Balaban J connectivity index is 1.75. The summed E-state index contributed by atoms with van der Waals surface area (Å²) >= 11 is 1.55. The Morgan fingerprint density at radius 2 is 1.93 bits per heavy atom. The molecule has 0 aliphatic carbocycles. The number of para-hydroxylation sites is 1. The van der Waals surface area contributed by atoms with Gasteiger partial charge in [0.05, 0.1) is 28.9 Å². The topological polar surface area (TPSA) is 56.1 Å². The fraction of sp³-hybridized carbons (Fsp3) is 0.0909. The first-order chi connectivity index (χ1) is 13.7. The molecule has 0 unspecified atom stereocenters. The van der Waals surface area contributed by atoms with E-state index < -0.39 is 0 Å². The second kappa shape index (κ2) is 7.70. The molecule has 2 aromatic carbocycles. The Morgan fingerprint density at radius 3 is 2.64 bits per heavy atom. The molecule has 6 heteroatoms. The highest BCUT2D eigenvalue weighted by Crippen LogP contribution is 2.30. The van der Waals surface area contributed by atoms with Gasteiger partial charge in [0.2, 0.25) is 0 Å². The summed E-state index contributed by atoms with van der Waals surface area (Å²) in [6, 6.07) is 19.3. The van der Waals surface area contributed by atoms with Crippen LogP contribution in [-0.2, 0) is 0 Å². The summed E-state index contributed by atoms with van der Waals surface area (Å²) in [5.41, 5.74) is 3.73. The molecular weight excluding hydrogens is 370 g/mol. The molecule has 0 saturated carbocycles. The Morgan fingerprint density at radius 1 is 1.11 bits per heavy atom. The van der Waals surface area contributed by atoms with Gasteiger partial charge in [-0.25, -0.2) is 4.68 Å². The maximum absolute atomic E-state index is 13.1. The molecule has 4 rings (SSSR count). The summed E-state index contributed by atoms with van der Waals surface area (Å²) in [5.74, 6) is 0.390. The van der Waals surface area contributed by atoms with Crippen LogP contribution in [0.25, 0.3) is 16.3 Å². The van der Waals surface area contributed by atoms with Crippen molar-refractivity contribution in [3.8, 4) is 22.0 Å². The normalized spacial score (nSPS) is 10.6. The van der Waals surface area contributed by atoms with Crippen LogP contribution in [0.5, 0.6) is 5.75 Å². The van der Waals surface area contributed by atoms with Gasteiger partial charge in [-0.05, 0) is 48.2 Å². The molecule has 1 amide bonds. The van der Waals surface area contributed by atoms with Gasteiger partial charge < -0.3 is 10.1 Å². The van der Waals surface area contributed by atoms with Gasteiger partial charge in [0.15, 0.2) is 0 Å². The van der Waals surface area contributed by atoms with Crippen LogP contribution in [-0.4, -0.2) is 22.8 Å². The Labute approximate surface area is 167 Å². The summed E-state index contributed by atoms with van der Waals surface area (Å²) in [6.45, 7) is 1.97. The van der Waals surface area contributed by atoms with Crippen molar-refractivity contribution >= 4 is 22.9 Å². The number of aryl methyl sites for hydroxylation is 1. The van der Waals surface area contributed by atoms with Gasteiger partial charge in [0.25, 0.3) is 5.91 Å². The highest BCUT2D eigenvalue weighted by molar-refractivity contribution is 7.13. The second-order valence-electron chi connectivity index (χ2n) is 6.31. The fourth-order valence-electron chi connectivity index (χ4n) is 2.96. The molecule has 0 aliphatic rings. The Bertz CT molecular complexity index is 1100. The number of thiophene rings is 1. The van der Waals surface area contributed by atoms with E-state index in [1.54, 1.807) is 29.3 Å². The third-order valence-corrected chi connectivity index (χ3v) is 5.21. The average molecular weight is 389 g/mol. The molecule has 28 heavy (non-hydrogen) atoms. The van der Waals surface area contributed by atoms with E-state index in [2.05, 4.69) is 10.4 Å². The number of nitrogens with one attached hydrogen (secondary N) is 1. The minimum Gasteiger partial charge on any atom is -0.495 e. The minimum absolute atomic E-state index is 0.227. The van der Waals surface area contributed by atoms with Crippen LogP contribution in [0.3, 0.4) is 0 Å². The van der Waals surface area contributed by atoms with Crippen molar-refractivity contribution in [1.82, 2.24) is 9.78 Å². The molecule has 0 spiro atoms. The first-order valence-electron chi connectivity index (χ1n) is 8.80. The van der Waals surface area contributed by atoms with Crippen LogP contribution in [0.2, 0.25) is 0 Å². The van der Waals surface area contributed by atoms with Crippen LogP contribution >= 0.6 is 11.3 Å². The monoisotopic (exact) mass is 389 g/mol. The van der Waals surface area contributed by atoms with E-state index in [1.165, 1.54) is 0 Å². The number of ether oxygens (including phenoxy) is 1. The van der Waals surface area contributed by atoms with Gasteiger partial charge in [-0.2, -0.15) is 5.10 Å². The summed E-state index contributed by atoms with van der Waals surface area (Å²) in [7, 11) is 1.59. The van der Waals surface area contributed by atoms with Crippen LogP contribution in [0, 0.1) is 6.92 Å². The number of methoxy groups -OCH3 is 1. The summed E-state index contributed by atoms with van der Waals surface area (Å²) in [4.78, 5) is 14.1. The standard InChI is InChI=1S/C22H19N3O2S/c1-15-10-11-19(27-2)18(13-15)23-22(26)17-14-25(16-7-4-3-5-8-16)24-21(17)20-9-6-12-28-20/h3-14H,1-2H3,(H,23,26). The number of hydrogen-bond donors (Lipinski definition) is 1. The number of nitrogens with zero attached hydrogens (tertiary/aromatic N) is 2. The molecule has 0 saturated heterocycles. The number of amides is 1. The van der Waals surface area contributed by atoms with Gasteiger partial charge in [0.1, 0.15) is 11.4 Å². The van der Waals surface area contributed by atoms with Gasteiger partial charge in [-0.15, -0.1) is 11.3 Å². The molecule has 1 N–H and O–H groups in total. The third-order valence-electron chi connectivity index (χ3n) is 4.34. The summed E-state index contributed by atoms with van der Waals surface area (Å²) < 4.78 is 7.11. The number of rotatable bonds is 5. The summed E-state index contributed by atoms with van der Waals surface area (Å²) in [6.07, 6.45) is 1.77. The lowest BCUT2D eigenvalue weighted by Gasteiger charge is -2.10. The van der Waals surface area contributed by atoms with Crippen molar-refractivity contribution in [3.05, 3.63) is 83.4 Å². The number of aromatic nitrogens is 2. The SMILES string of the molecule is COc1ccc(C)cc1NC(=O)c1cn(-c2ccccc2)nc1-c1cccs1. The van der Waals surface area contributed by atoms with Crippen LogP contribution < -0.4 is 10.1 Å². The number of carbonyl (C=O) groups is 1. The molecular formula is C22H19N3O2S. The second-order valence-corrected chi connectivity index (χ2v) is 7.25. The van der Waals surface area contributed by atoms with Crippen molar-refractivity contribution in [2.24, 2.45) is 0 Å². The predicted octanol–water partition coefficient (Wildman–Crippen LogP) is 5.17. The van der Waals surface area contributed by atoms with Crippen LogP contribution in [0.15, 0.2) is 72.2 Å². The molecule has 140 valence electrons. The Hall–Kier alpha value is -3.38. The fourth-order valence-corrected chi connectivity index (χ4v) is 3.68. The third kappa shape index (κ3) is 3.54. The number of anilines is 1. The van der Waals surface area contributed by atoms with E-state index in [1.807, 2.05) is 73.0 Å². The van der Waals surface area contributed by atoms with E-state index in [0.717, 1.165) is 16.1 Å². The average Bonchev–Trinajstić information content (AvgIpc) is 3.38. The number of hydrogen-bond acceptors (Lipinski definition) is 4. The number of benzene rings is 2. The van der Waals surface area contributed by atoms with E-state index >= 15 is 0 Å². The van der Waals surface area contributed by atoms with Gasteiger partial charge in [-0.3, -0.25) is 4.79 Å². The van der Waals surface area contributed by atoms with Gasteiger partial charge in [-0.1, -0.05) is 30.3 Å². The minimum atomic E-state index is -0.227. The van der Waals surface area contributed by atoms with E-state index in [0.29, 0.717) is 22.7 Å². The molecule has 0 fully saturated rings. The zero-order valence-corrected chi connectivity index (χ0v) is 16.4. The largest absolute Gasteiger partial charge is 0.495 e. The van der Waals surface area contributed by atoms with Crippen molar-refractivity contribution in [2.45, 2.75) is 6.92 Å². The maximum atomic E-state index is 13.1. The zero-order valence-electron chi connectivity index (χ0n) is 15.5. The maximum Gasteiger partial charge on any atom is 0.259 e. The Kier molecular flexibility index (Phi) is 4.95. The lowest BCUT2D eigenvalue weighted by molar-refractivity contribution is 0.102. The lowest BCUT2D eigenvalue weighted by Crippen LogP contribution is -2.13. The zero-order chi connectivity index (χ0) is 19.5. The van der Waals surface area contributed by atoms with Crippen LogP contribution in [0.1, 0.15) is 15.9 Å². The smallest absolute Gasteiger partial charge is 0.259 e. The highest BCUT2D eigenvalue weighted by Gasteiger charge is 2.20. The molecule has 5 nitrogen and oxygen atoms in total.